The summed E-state index contributed by atoms with van der Waals surface area (Å²) in [7, 11) is 6.58. The predicted molar refractivity (Wildman–Crippen MR) is 236 cm³/mol. The molecule has 0 radical (unpaired) electrons. The number of methoxy groups -OCH3 is 2. The van der Waals surface area contributed by atoms with Crippen molar-refractivity contribution in [3.63, 3.8) is 0 Å². The number of likely N-dealkylation sites (N-methyl/N-ethyl adjacent to an activating group) is 2. The van der Waals surface area contributed by atoms with Crippen LogP contribution in [-0.4, -0.2) is 152 Å². The number of aliphatic carboxylic acids is 1. The normalized spacial score (nSPS) is 23.0. The number of nitrogens with zero attached hydrogens (tertiary/aromatic N) is 3. The van der Waals surface area contributed by atoms with E-state index >= 15 is 0 Å². The molecule has 2 heterocycles. The second kappa shape index (κ2) is 24.4. The minimum Gasteiger partial charge on any atom is -0.475 e. The molecule has 3 aliphatic rings. The first-order chi connectivity index (χ1) is 30.5. The van der Waals surface area contributed by atoms with Gasteiger partial charge in [-0.3, -0.25) is 28.8 Å². The molecule has 1 aromatic carbocycles. The van der Waals surface area contributed by atoms with Crippen LogP contribution in [0.1, 0.15) is 105 Å². The van der Waals surface area contributed by atoms with Crippen LogP contribution < -0.4 is 16.0 Å². The Balaban J connectivity index is 0.00000148. The lowest BCUT2D eigenvalue weighted by molar-refractivity contribution is -0.200. The van der Waals surface area contributed by atoms with Gasteiger partial charge in [0.25, 0.3) is 5.91 Å². The van der Waals surface area contributed by atoms with Gasteiger partial charge in [-0.15, -0.1) is 0 Å². The second-order valence-electron chi connectivity index (χ2n) is 18.2. The van der Waals surface area contributed by atoms with Gasteiger partial charge < -0.3 is 40.3 Å². The van der Waals surface area contributed by atoms with Crippen molar-refractivity contribution in [2.45, 2.75) is 147 Å². The van der Waals surface area contributed by atoms with E-state index in [1.54, 1.807) is 45.0 Å². The van der Waals surface area contributed by atoms with Gasteiger partial charge in [-0.25, -0.2) is 9.86 Å². The number of hydrogen-bond acceptors (Lipinski definition) is 10. The van der Waals surface area contributed by atoms with Crippen LogP contribution in [0.4, 0.5) is 13.2 Å². The first-order valence-corrected chi connectivity index (χ1v) is 22.7. The molecule has 2 aliphatic heterocycles. The van der Waals surface area contributed by atoms with E-state index in [0.717, 1.165) is 31.2 Å². The van der Waals surface area contributed by atoms with E-state index in [-0.39, 0.29) is 65.7 Å². The lowest BCUT2D eigenvalue weighted by Crippen LogP contribution is -2.59. The number of likely N-dealkylation sites (tertiary alicyclic amines) is 1. The van der Waals surface area contributed by atoms with Gasteiger partial charge in [0.15, 0.2) is 0 Å². The Morgan fingerprint density at radius 3 is 2.03 bits per heavy atom. The maximum atomic E-state index is 14.4. The number of ether oxygens (including phenoxy) is 2. The molecule has 0 bridgehead atoms. The van der Waals surface area contributed by atoms with Gasteiger partial charge in [0.1, 0.15) is 11.6 Å². The van der Waals surface area contributed by atoms with Crippen molar-refractivity contribution in [1.82, 2.24) is 30.8 Å². The highest BCUT2D eigenvalue weighted by atomic mass is 19.4. The molecule has 1 saturated carbocycles. The zero-order valence-electron chi connectivity index (χ0n) is 39.9. The quantitative estimate of drug-likeness (QED) is 0.144. The number of carboxylic acids is 1. The van der Waals surface area contributed by atoms with Crippen LogP contribution in [-0.2, 0) is 43.1 Å². The lowest BCUT2D eigenvalue weighted by Gasteiger charge is -2.41. The molecule has 4 N–H and O–H groups in total. The molecule has 16 nitrogen and oxygen atoms in total. The zero-order valence-corrected chi connectivity index (χ0v) is 39.9. The summed E-state index contributed by atoms with van der Waals surface area (Å²) < 4.78 is 43.8. The van der Waals surface area contributed by atoms with Crippen molar-refractivity contribution in [3.05, 3.63) is 35.9 Å². The summed E-state index contributed by atoms with van der Waals surface area (Å²) in [6, 6.07) is 7.67. The molecule has 5 amide bonds. The van der Waals surface area contributed by atoms with Crippen molar-refractivity contribution in [3.8, 4) is 0 Å². The highest BCUT2D eigenvalue weighted by Crippen LogP contribution is 2.53. The predicted octanol–water partition coefficient (Wildman–Crippen LogP) is 4.52. The first kappa shape index (κ1) is 55.0. The number of carbonyl (C=O) groups excluding carboxylic acids is 5. The topological polar surface area (TPSA) is 196 Å². The van der Waals surface area contributed by atoms with Crippen LogP contribution >= 0.6 is 0 Å². The monoisotopic (exact) mass is 927 g/mol. The summed E-state index contributed by atoms with van der Waals surface area (Å²) in [5.41, 5.74) is -0.154. The molecule has 1 aliphatic carbocycles. The average Bonchev–Trinajstić information content (AvgIpc) is 3.79. The molecule has 65 heavy (non-hydrogen) atoms. The van der Waals surface area contributed by atoms with Crippen LogP contribution in [0.15, 0.2) is 30.3 Å². The molecule has 0 spiro atoms. The minimum atomic E-state index is -5.08. The van der Waals surface area contributed by atoms with E-state index < -0.39 is 53.9 Å². The number of hydroxylamine groups is 2. The fourth-order valence-electron chi connectivity index (χ4n) is 9.14. The second-order valence-corrected chi connectivity index (χ2v) is 18.2. The number of benzene rings is 1. The molecular weight excluding hydrogens is 854 g/mol. The summed E-state index contributed by atoms with van der Waals surface area (Å²) in [4.78, 5) is 88.2. The molecule has 10 atom stereocenters. The summed E-state index contributed by atoms with van der Waals surface area (Å²) in [5, 5.41) is 17.7. The number of hydrogen-bond donors (Lipinski definition) is 4. The maximum Gasteiger partial charge on any atom is 0.490 e. The van der Waals surface area contributed by atoms with E-state index in [0.29, 0.717) is 32.5 Å². The Labute approximate surface area is 382 Å². The van der Waals surface area contributed by atoms with Crippen LogP contribution in [0.25, 0.3) is 0 Å². The van der Waals surface area contributed by atoms with Gasteiger partial charge in [-0.05, 0) is 62.5 Å². The van der Waals surface area contributed by atoms with Gasteiger partial charge >= 0.3 is 12.1 Å². The van der Waals surface area contributed by atoms with Crippen molar-refractivity contribution >= 4 is 35.5 Å². The number of halogens is 3. The summed E-state index contributed by atoms with van der Waals surface area (Å²) in [6.07, 6.45) is -2.07. The molecule has 0 unspecified atom stereocenters. The number of carboxylic acid groups (broad SMARTS) is 1. The molecule has 368 valence electrons. The van der Waals surface area contributed by atoms with Crippen molar-refractivity contribution in [2.75, 3.05) is 48.0 Å². The van der Waals surface area contributed by atoms with Gasteiger partial charge in [0.05, 0.1) is 49.3 Å². The highest BCUT2D eigenvalue weighted by molar-refractivity contribution is 5.96. The fraction of sp³-hybridized carbons (Fsp3) is 0.739. The summed E-state index contributed by atoms with van der Waals surface area (Å²) in [6.45, 7) is 15.0. The van der Waals surface area contributed by atoms with Gasteiger partial charge in [0.2, 0.25) is 23.6 Å². The third-order valence-corrected chi connectivity index (χ3v) is 13.1. The summed E-state index contributed by atoms with van der Waals surface area (Å²) in [5.74, 6) is -5.02. The van der Waals surface area contributed by atoms with Crippen LogP contribution in [0.2, 0.25) is 0 Å². The SMILES string of the molecule is CC[C@H](C)[C@@H]([C@@H](CC(=O)N1CCC[C@H]1[C@H](OC)[C@@H](C)C(=O)N[C@@]1(C(=O)N2CCCCO2)C[C@@H]1c1ccccc1)OC)N(C)C(=O)[C@@H](NC(=O)[C@@H](NC)C(C)C)C(C)C.O=C(O)C(F)(F)F. The molecule has 1 aromatic rings. The highest BCUT2D eigenvalue weighted by Gasteiger charge is 2.64. The van der Waals surface area contributed by atoms with Gasteiger partial charge in [0, 0.05) is 40.3 Å². The van der Waals surface area contributed by atoms with E-state index in [9.17, 15) is 37.1 Å². The Hall–Kier alpha value is -4.33. The van der Waals surface area contributed by atoms with Crippen molar-refractivity contribution in [2.24, 2.45) is 23.7 Å². The molecular formula is C46H73F3N6O10. The fourth-order valence-corrected chi connectivity index (χ4v) is 9.14. The number of amides is 5. The van der Waals surface area contributed by atoms with Crippen LogP contribution in [0.3, 0.4) is 0 Å². The smallest absolute Gasteiger partial charge is 0.475 e. The van der Waals surface area contributed by atoms with E-state index in [1.807, 2.05) is 71.9 Å². The Bertz CT molecular complexity index is 1750. The van der Waals surface area contributed by atoms with Crippen molar-refractivity contribution in [1.29, 1.82) is 0 Å². The lowest BCUT2D eigenvalue weighted by atomic mass is 9.89. The Kier molecular flexibility index (Phi) is 20.7. The van der Waals surface area contributed by atoms with E-state index in [1.165, 1.54) is 5.06 Å². The number of alkyl halides is 3. The third-order valence-electron chi connectivity index (χ3n) is 13.1. The van der Waals surface area contributed by atoms with Gasteiger partial charge in [-0.2, -0.15) is 13.2 Å². The third kappa shape index (κ3) is 13.9. The van der Waals surface area contributed by atoms with Crippen molar-refractivity contribution < 1.29 is 61.4 Å². The summed E-state index contributed by atoms with van der Waals surface area (Å²) >= 11 is 0. The Morgan fingerprint density at radius 1 is 0.923 bits per heavy atom. The van der Waals surface area contributed by atoms with Crippen LogP contribution in [0, 0.1) is 23.7 Å². The molecule has 2 saturated heterocycles. The number of rotatable bonds is 20. The number of carbonyl (C=O) groups is 6. The van der Waals surface area contributed by atoms with Crippen LogP contribution in [0.5, 0.6) is 0 Å². The zero-order chi connectivity index (χ0) is 49.0. The number of nitrogens with one attached hydrogen (secondary N) is 3. The van der Waals surface area contributed by atoms with Gasteiger partial charge in [-0.1, -0.05) is 85.2 Å². The minimum absolute atomic E-state index is 0.0106. The van der Waals surface area contributed by atoms with E-state index in [4.69, 9.17) is 24.2 Å². The molecule has 19 heteroatoms. The standard InChI is InChI=1S/C44H72N6O8.C2HF3O2/c1-12-29(6)38(48(9)42(54)37(28(4)5)46-41(53)36(45-8)27(2)3)34(56-10)25-35(51)49-22-18-21-33(49)39(57-11)30(7)40(52)47-44(43(55)50-23-16-17-24-58-50)26-32(44)31-19-14-13-15-20-31;3-2(4,5)1(6)7/h13-15,19-20,27-30,32-34,36-39,45H,12,16-18,21-26H2,1-11H3,(H,46,53)(H,47,52);(H,6,7)/t29-,30+,32+,33-,34+,36-,37-,38-,39+,44-;/m0./s1. The largest absolute Gasteiger partial charge is 0.490 e. The molecule has 3 fully saturated rings. The average molecular weight is 927 g/mol. The Morgan fingerprint density at radius 2 is 1.54 bits per heavy atom. The van der Waals surface area contributed by atoms with E-state index in [2.05, 4.69) is 16.0 Å². The molecule has 0 aromatic heterocycles. The maximum absolute atomic E-state index is 14.4. The first-order valence-electron chi connectivity index (χ1n) is 22.7. The molecule has 4 rings (SSSR count).